The van der Waals surface area contributed by atoms with E-state index in [1.54, 1.807) is 0 Å². The summed E-state index contributed by atoms with van der Waals surface area (Å²) in [5, 5.41) is 3.36. The van der Waals surface area contributed by atoms with Crippen LogP contribution >= 0.6 is 0 Å². The molecule has 3 nitrogen and oxygen atoms in total. The van der Waals surface area contributed by atoms with E-state index < -0.39 is 0 Å². The molecule has 2 bridgehead atoms. The lowest BCUT2D eigenvalue weighted by Gasteiger charge is -2.19. The van der Waals surface area contributed by atoms with E-state index in [4.69, 9.17) is 4.74 Å². The molecule has 1 saturated carbocycles. The van der Waals surface area contributed by atoms with Crippen molar-refractivity contribution in [2.75, 3.05) is 13.7 Å². The Morgan fingerprint density at radius 3 is 2.82 bits per heavy atom. The number of hydrogen-bond donors (Lipinski definition) is 1. The minimum absolute atomic E-state index is 0.0148. The first-order valence-electron chi connectivity index (χ1n) is 4.12. The molecule has 11 heavy (non-hydrogen) atoms. The molecule has 0 unspecified atom stereocenters. The van der Waals surface area contributed by atoms with Gasteiger partial charge in [0.15, 0.2) is 0 Å². The van der Waals surface area contributed by atoms with Crippen LogP contribution in [0.3, 0.4) is 0 Å². The Balaban J connectivity index is 2.02. The van der Waals surface area contributed by atoms with Crippen molar-refractivity contribution in [3.63, 3.8) is 0 Å². The van der Waals surface area contributed by atoms with Gasteiger partial charge in [0.05, 0.1) is 13.0 Å². The van der Waals surface area contributed by atoms with Crippen molar-refractivity contribution in [2.24, 2.45) is 11.8 Å². The van der Waals surface area contributed by atoms with Crippen molar-refractivity contribution in [1.29, 1.82) is 0 Å². The first kappa shape index (κ1) is 7.10. The van der Waals surface area contributed by atoms with Gasteiger partial charge >= 0.3 is 5.97 Å². The van der Waals surface area contributed by atoms with Crippen molar-refractivity contribution in [3.05, 3.63) is 0 Å². The van der Waals surface area contributed by atoms with Crippen LogP contribution in [0.5, 0.6) is 0 Å². The molecule has 62 valence electrons. The predicted molar refractivity (Wildman–Crippen MR) is 40.0 cm³/mol. The molecule has 2 aliphatic rings. The first-order valence-corrected chi connectivity index (χ1v) is 4.12. The second-order valence-corrected chi connectivity index (χ2v) is 3.47. The number of piperidine rings is 1. The molecular formula is C8H13NO2. The summed E-state index contributed by atoms with van der Waals surface area (Å²) in [4.78, 5) is 11.2. The standard InChI is InChI=1S/C8H13NO2/c1-11-8(10)7-3-6-2-5(7)4-9-6/h5-7,9H,2-4H2,1H3/t5-,6-,7+/m1/s1. The number of ether oxygens (including phenoxy) is 1. The Morgan fingerprint density at radius 2 is 2.36 bits per heavy atom. The van der Waals surface area contributed by atoms with Crippen LogP contribution in [0.4, 0.5) is 0 Å². The molecule has 3 atom stereocenters. The Hall–Kier alpha value is -0.570. The van der Waals surface area contributed by atoms with E-state index >= 15 is 0 Å². The molecule has 0 aromatic rings. The maximum atomic E-state index is 11.2. The van der Waals surface area contributed by atoms with Crippen molar-refractivity contribution < 1.29 is 9.53 Å². The summed E-state index contributed by atoms with van der Waals surface area (Å²) in [6, 6.07) is 0.587. The maximum absolute atomic E-state index is 11.2. The second-order valence-electron chi connectivity index (χ2n) is 3.47. The van der Waals surface area contributed by atoms with Crippen molar-refractivity contribution in [1.82, 2.24) is 5.32 Å². The topological polar surface area (TPSA) is 38.3 Å². The predicted octanol–water partition coefficient (Wildman–Crippen LogP) is 0.157. The van der Waals surface area contributed by atoms with E-state index in [9.17, 15) is 4.79 Å². The number of methoxy groups -OCH3 is 1. The number of carbonyl (C=O) groups is 1. The average Bonchev–Trinajstić information content (AvgIpc) is 2.62. The van der Waals surface area contributed by atoms with Crippen molar-refractivity contribution in [3.8, 4) is 0 Å². The highest BCUT2D eigenvalue weighted by Crippen LogP contribution is 2.36. The van der Waals surface area contributed by atoms with Crippen LogP contribution in [0.25, 0.3) is 0 Å². The minimum atomic E-state index is -0.0148. The molecule has 0 amide bonds. The van der Waals surface area contributed by atoms with Gasteiger partial charge in [-0.2, -0.15) is 0 Å². The molecule has 0 spiro atoms. The summed E-state index contributed by atoms with van der Waals surface area (Å²) in [6.45, 7) is 1.00. The molecule has 1 saturated heterocycles. The Labute approximate surface area is 66.1 Å². The third kappa shape index (κ3) is 1.03. The lowest BCUT2D eigenvalue weighted by atomic mass is 9.96. The number of rotatable bonds is 1. The van der Waals surface area contributed by atoms with Crippen LogP contribution in [0.15, 0.2) is 0 Å². The van der Waals surface area contributed by atoms with Crippen molar-refractivity contribution >= 4 is 5.97 Å². The average molecular weight is 155 g/mol. The normalized spacial score (nSPS) is 41.0. The van der Waals surface area contributed by atoms with Gasteiger partial charge in [-0.1, -0.05) is 0 Å². The Morgan fingerprint density at radius 1 is 1.55 bits per heavy atom. The van der Waals surface area contributed by atoms with Gasteiger partial charge in [0.2, 0.25) is 0 Å². The van der Waals surface area contributed by atoms with Gasteiger partial charge < -0.3 is 10.1 Å². The number of hydrogen-bond acceptors (Lipinski definition) is 3. The fraction of sp³-hybridized carbons (Fsp3) is 0.875. The largest absolute Gasteiger partial charge is 0.469 e. The zero-order chi connectivity index (χ0) is 7.84. The summed E-state index contributed by atoms with van der Waals surface area (Å²) in [6.07, 6.45) is 2.15. The van der Waals surface area contributed by atoms with Crippen LogP contribution in [-0.2, 0) is 9.53 Å². The fourth-order valence-electron chi connectivity index (χ4n) is 2.28. The summed E-state index contributed by atoms with van der Waals surface area (Å²) in [5.41, 5.74) is 0. The van der Waals surface area contributed by atoms with E-state index in [1.807, 2.05) is 0 Å². The van der Waals surface area contributed by atoms with E-state index in [-0.39, 0.29) is 11.9 Å². The lowest BCUT2D eigenvalue weighted by Crippen LogP contribution is -2.33. The molecule has 3 heteroatoms. The number of esters is 1. The molecule has 1 N–H and O–H groups in total. The SMILES string of the molecule is COC(=O)[C@H]1C[C@H]2C[C@@H]1CN2. The van der Waals surface area contributed by atoms with Crippen LogP contribution in [0, 0.1) is 11.8 Å². The van der Waals surface area contributed by atoms with Crippen LogP contribution in [0.1, 0.15) is 12.8 Å². The maximum Gasteiger partial charge on any atom is 0.309 e. The lowest BCUT2D eigenvalue weighted by molar-refractivity contribution is -0.146. The highest BCUT2D eigenvalue weighted by atomic mass is 16.5. The molecule has 0 aromatic carbocycles. The Kier molecular flexibility index (Phi) is 1.60. The fourth-order valence-corrected chi connectivity index (χ4v) is 2.28. The van der Waals surface area contributed by atoms with Crippen LogP contribution in [-0.4, -0.2) is 25.7 Å². The molecule has 1 aliphatic carbocycles. The first-order chi connectivity index (χ1) is 5.31. The quantitative estimate of drug-likeness (QED) is 0.548. The Bertz CT molecular complexity index is 181. The van der Waals surface area contributed by atoms with Gasteiger partial charge in [-0.05, 0) is 25.3 Å². The highest BCUT2D eigenvalue weighted by Gasteiger charge is 2.43. The molecule has 2 rings (SSSR count). The van der Waals surface area contributed by atoms with Crippen LogP contribution < -0.4 is 5.32 Å². The minimum Gasteiger partial charge on any atom is -0.469 e. The summed E-state index contributed by atoms with van der Waals surface area (Å²) in [7, 11) is 1.47. The zero-order valence-electron chi connectivity index (χ0n) is 6.67. The summed E-state index contributed by atoms with van der Waals surface area (Å²) < 4.78 is 4.72. The molecule has 1 aliphatic heterocycles. The summed E-state index contributed by atoms with van der Waals surface area (Å²) >= 11 is 0. The number of carbonyl (C=O) groups excluding carboxylic acids is 1. The summed E-state index contributed by atoms with van der Waals surface area (Å²) in [5.74, 6) is 0.720. The van der Waals surface area contributed by atoms with Gasteiger partial charge in [0.25, 0.3) is 0 Å². The highest BCUT2D eigenvalue weighted by molar-refractivity contribution is 5.73. The van der Waals surface area contributed by atoms with Crippen molar-refractivity contribution in [2.45, 2.75) is 18.9 Å². The number of fused-ring (bicyclic) bond motifs is 2. The third-order valence-corrected chi connectivity index (χ3v) is 2.87. The van der Waals surface area contributed by atoms with E-state index in [0.717, 1.165) is 13.0 Å². The number of nitrogens with one attached hydrogen (secondary N) is 1. The van der Waals surface area contributed by atoms with E-state index in [0.29, 0.717) is 12.0 Å². The molecule has 2 fully saturated rings. The molecule has 0 aromatic heterocycles. The third-order valence-electron chi connectivity index (χ3n) is 2.87. The molecular weight excluding hydrogens is 142 g/mol. The van der Waals surface area contributed by atoms with Crippen LogP contribution in [0.2, 0.25) is 0 Å². The zero-order valence-corrected chi connectivity index (χ0v) is 6.67. The van der Waals surface area contributed by atoms with Gasteiger partial charge in [0.1, 0.15) is 0 Å². The second kappa shape index (κ2) is 2.48. The van der Waals surface area contributed by atoms with E-state index in [2.05, 4.69) is 5.32 Å². The smallest absolute Gasteiger partial charge is 0.309 e. The molecule has 1 heterocycles. The van der Waals surface area contributed by atoms with Gasteiger partial charge in [-0.25, -0.2) is 0 Å². The van der Waals surface area contributed by atoms with Gasteiger partial charge in [-0.3, -0.25) is 4.79 Å². The van der Waals surface area contributed by atoms with Gasteiger partial charge in [0, 0.05) is 6.04 Å². The molecule has 0 radical (unpaired) electrons. The monoisotopic (exact) mass is 155 g/mol. The van der Waals surface area contributed by atoms with Gasteiger partial charge in [-0.15, -0.1) is 0 Å². The van der Waals surface area contributed by atoms with E-state index in [1.165, 1.54) is 13.5 Å².